The fourth-order valence-electron chi connectivity index (χ4n) is 6.44. The van der Waals surface area contributed by atoms with Gasteiger partial charge in [-0.3, -0.25) is 20.0 Å². The zero-order valence-corrected chi connectivity index (χ0v) is 26.2. The molecule has 2 aliphatic rings. The molecule has 0 unspecified atom stereocenters. The highest BCUT2D eigenvalue weighted by molar-refractivity contribution is 6.05. The summed E-state index contributed by atoms with van der Waals surface area (Å²) in [4.78, 5) is 29.8. The van der Waals surface area contributed by atoms with Gasteiger partial charge >= 0.3 is 0 Å². The van der Waals surface area contributed by atoms with Crippen molar-refractivity contribution < 1.29 is 19.0 Å². The Hall–Kier alpha value is -4.06. The first-order valence-corrected chi connectivity index (χ1v) is 15.7. The summed E-state index contributed by atoms with van der Waals surface area (Å²) in [5.41, 5.74) is 3.18. The SMILES string of the molecule is COc1ccccc1-c1nccc(C(=O)Nc2nc3ccc(N4CCN(CCN(C)C)CC4)cc3n2[C@H]2CC[C@@H](O)CC2)c1F. The number of methoxy groups -OCH3 is 1. The van der Waals surface area contributed by atoms with Crippen LogP contribution in [0, 0.1) is 5.82 Å². The largest absolute Gasteiger partial charge is 0.496 e. The number of ether oxygens (including phenoxy) is 1. The van der Waals surface area contributed by atoms with E-state index in [1.54, 1.807) is 24.3 Å². The number of likely N-dealkylation sites (N-methyl/N-ethyl adjacent to an activating group) is 1. The molecule has 4 aromatic rings. The number of para-hydroxylation sites is 1. The number of imidazole rings is 1. The molecule has 0 radical (unpaired) electrons. The highest BCUT2D eigenvalue weighted by Gasteiger charge is 2.28. The number of rotatable bonds is 9. The summed E-state index contributed by atoms with van der Waals surface area (Å²) in [7, 11) is 5.72. The molecule has 238 valence electrons. The zero-order valence-electron chi connectivity index (χ0n) is 26.2. The van der Waals surface area contributed by atoms with Crippen molar-refractivity contribution in [1.82, 2.24) is 24.3 Å². The Labute approximate surface area is 263 Å². The third-order valence-corrected chi connectivity index (χ3v) is 9.03. The normalized spacial score (nSPS) is 19.3. The van der Waals surface area contributed by atoms with Gasteiger partial charge in [0.25, 0.3) is 5.91 Å². The lowest BCUT2D eigenvalue weighted by molar-refractivity contribution is 0.101. The molecular formula is C34H42FN7O3. The molecule has 45 heavy (non-hydrogen) atoms. The van der Waals surface area contributed by atoms with E-state index >= 15 is 4.39 Å². The highest BCUT2D eigenvalue weighted by Crippen LogP contribution is 2.37. The quantitative estimate of drug-likeness (QED) is 0.281. The van der Waals surface area contributed by atoms with Crippen molar-refractivity contribution >= 4 is 28.6 Å². The molecule has 1 aliphatic heterocycles. The molecule has 2 fully saturated rings. The summed E-state index contributed by atoms with van der Waals surface area (Å²) < 4.78 is 23.3. The van der Waals surface area contributed by atoms with Gasteiger partial charge in [0.2, 0.25) is 5.95 Å². The smallest absolute Gasteiger partial charge is 0.261 e. The fraction of sp³-hybridized carbons (Fsp3) is 0.441. The van der Waals surface area contributed by atoms with E-state index in [1.807, 2.05) is 6.07 Å². The first kappa shape index (κ1) is 30.9. The summed E-state index contributed by atoms with van der Waals surface area (Å²) in [6.45, 7) is 5.97. The second-order valence-electron chi connectivity index (χ2n) is 12.2. The van der Waals surface area contributed by atoms with E-state index in [9.17, 15) is 9.90 Å². The van der Waals surface area contributed by atoms with Crippen molar-refractivity contribution in [3.63, 3.8) is 0 Å². The van der Waals surface area contributed by atoms with Crippen molar-refractivity contribution in [2.75, 3.05) is 70.7 Å². The molecule has 1 saturated carbocycles. The number of pyridine rings is 1. The van der Waals surface area contributed by atoms with Crippen LogP contribution in [0.5, 0.6) is 5.75 Å². The van der Waals surface area contributed by atoms with Gasteiger partial charge in [0.15, 0.2) is 5.82 Å². The number of fused-ring (bicyclic) bond motifs is 1. The van der Waals surface area contributed by atoms with Crippen molar-refractivity contribution in [2.45, 2.75) is 37.8 Å². The Balaban J connectivity index is 1.30. The molecule has 2 N–H and O–H groups in total. The van der Waals surface area contributed by atoms with Crippen LogP contribution in [0.3, 0.4) is 0 Å². The molecule has 6 rings (SSSR count). The number of carbonyl (C=O) groups is 1. The molecule has 0 spiro atoms. The molecule has 0 bridgehead atoms. The number of nitrogens with zero attached hydrogens (tertiary/aromatic N) is 6. The van der Waals surface area contributed by atoms with Crippen LogP contribution in [0.4, 0.5) is 16.0 Å². The summed E-state index contributed by atoms with van der Waals surface area (Å²) in [5, 5.41) is 13.2. The van der Waals surface area contributed by atoms with Crippen LogP contribution in [-0.2, 0) is 0 Å². The van der Waals surface area contributed by atoms with Gasteiger partial charge in [-0.05, 0) is 76.2 Å². The Morgan fingerprint density at radius 2 is 1.82 bits per heavy atom. The maximum absolute atomic E-state index is 15.9. The van der Waals surface area contributed by atoms with Crippen molar-refractivity contribution in [3.8, 4) is 17.0 Å². The predicted octanol–water partition coefficient (Wildman–Crippen LogP) is 4.66. The molecule has 3 heterocycles. The standard InChI is InChI=1S/C34H42FN7O3/c1-39(2)16-17-40-18-20-41(21-19-40)24-10-13-28-29(22-24)42(23-8-11-25(43)12-9-23)34(37-28)38-33(44)27-14-15-36-32(31(27)35)26-6-4-5-7-30(26)45-3/h4-7,10,13-15,22-23,25,43H,8-9,11-12,16-21H2,1-3H3,(H,37,38,44)/t23-,25+. The van der Waals surface area contributed by atoms with E-state index < -0.39 is 11.7 Å². The van der Waals surface area contributed by atoms with E-state index in [4.69, 9.17) is 9.72 Å². The number of anilines is 2. The summed E-state index contributed by atoms with van der Waals surface area (Å²) in [6.07, 6.45) is 3.96. The summed E-state index contributed by atoms with van der Waals surface area (Å²) >= 11 is 0. The topological polar surface area (TPSA) is 99.0 Å². The van der Waals surface area contributed by atoms with Crippen LogP contribution in [0.25, 0.3) is 22.3 Å². The number of nitrogens with one attached hydrogen (secondary N) is 1. The number of hydrogen-bond donors (Lipinski definition) is 2. The third kappa shape index (κ3) is 6.66. The number of aromatic nitrogens is 3. The van der Waals surface area contributed by atoms with Gasteiger partial charge in [0, 0.05) is 62.8 Å². The molecule has 2 aromatic heterocycles. The maximum Gasteiger partial charge on any atom is 0.261 e. The predicted molar refractivity (Wildman–Crippen MR) is 175 cm³/mol. The number of aliphatic hydroxyl groups is 1. The lowest BCUT2D eigenvalue weighted by atomic mass is 9.93. The summed E-state index contributed by atoms with van der Waals surface area (Å²) in [6, 6.07) is 14.7. The second-order valence-corrected chi connectivity index (χ2v) is 12.2. The molecule has 11 heteroatoms. The Kier molecular flexibility index (Phi) is 9.29. The number of piperazine rings is 1. The van der Waals surface area contributed by atoms with Gasteiger partial charge in [-0.1, -0.05) is 12.1 Å². The number of benzene rings is 2. The van der Waals surface area contributed by atoms with Crippen LogP contribution in [0.1, 0.15) is 42.1 Å². The van der Waals surface area contributed by atoms with E-state index in [0.29, 0.717) is 30.1 Å². The summed E-state index contributed by atoms with van der Waals surface area (Å²) in [5.74, 6) is -0.493. The number of carbonyl (C=O) groups excluding carboxylic acids is 1. The number of amides is 1. The Bertz CT molecular complexity index is 1640. The highest BCUT2D eigenvalue weighted by atomic mass is 19.1. The zero-order chi connectivity index (χ0) is 31.5. The van der Waals surface area contributed by atoms with E-state index in [1.165, 1.54) is 19.4 Å². The molecule has 0 atom stereocenters. The van der Waals surface area contributed by atoms with Gasteiger partial charge < -0.3 is 24.2 Å². The van der Waals surface area contributed by atoms with Gasteiger partial charge in [0.1, 0.15) is 11.4 Å². The van der Waals surface area contributed by atoms with Crippen LogP contribution in [0.15, 0.2) is 54.7 Å². The van der Waals surface area contributed by atoms with Crippen LogP contribution < -0.4 is 15.0 Å². The first-order valence-electron chi connectivity index (χ1n) is 15.7. The molecule has 10 nitrogen and oxygen atoms in total. The maximum atomic E-state index is 15.9. The number of aliphatic hydroxyl groups excluding tert-OH is 1. The van der Waals surface area contributed by atoms with Crippen LogP contribution >= 0.6 is 0 Å². The minimum Gasteiger partial charge on any atom is -0.496 e. The van der Waals surface area contributed by atoms with Gasteiger partial charge in [-0.2, -0.15) is 0 Å². The molecule has 2 aromatic carbocycles. The fourth-order valence-corrected chi connectivity index (χ4v) is 6.44. The lowest BCUT2D eigenvalue weighted by Crippen LogP contribution is -2.48. The number of halogens is 1. The molecule has 1 aliphatic carbocycles. The molecule has 1 saturated heterocycles. The van der Waals surface area contributed by atoms with Gasteiger partial charge in [-0.15, -0.1) is 0 Å². The molecule has 1 amide bonds. The average molecular weight is 616 g/mol. The van der Waals surface area contributed by atoms with Crippen LogP contribution in [0.2, 0.25) is 0 Å². The second kappa shape index (κ2) is 13.5. The Morgan fingerprint density at radius 1 is 1.07 bits per heavy atom. The van der Waals surface area contributed by atoms with Crippen molar-refractivity contribution in [2.24, 2.45) is 0 Å². The Morgan fingerprint density at radius 3 is 2.56 bits per heavy atom. The molecular weight excluding hydrogens is 573 g/mol. The van der Waals surface area contributed by atoms with Gasteiger partial charge in [0.05, 0.1) is 29.8 Å². The van der Waals surface area contributed by atoms with E-state index in [-0.39, 0.29) is 23.4 Å². The third-order valence-electron chi connectivity index (χ3n) is 9.03. The van der Waals surface area contributed by atoms with Crippen molar-refractivity contribution in [1.29, 1.82) is 0 Å². The number of hydrogen-bond acceptors (Lipinski definition) is 8. The lowest BCUT2D eigenvalue weighted by Gasteiger charge is -2.36. The average Bonchev–Trinajstić information content (AvgIpc) is 3.41. The van der Waals surface area contributed by atoms with Gasteiger partial charge in [-0.25, -0.2) is 9.37 Å². The van der Waals surface area contributed by atoms with Crippen LogP contribution in [-0.4, -0.2) is 102 Å². The minimum atomic E-state index is -0.727. The first-order chi connectivity index (χ1) is 21.8. The van der Waals surface area contributed by atoms with Crippen molar-refractivity contribution in [3.05, 3.63) is 66.1 Å². The van der Waals surface area contributed by atoms with E-state index in [0.717, 1.165) is 68.8 Å². The minimum absolute atomic E-state index is 0.0401. The van der Waals surface area contributed by atoms with E-state index in [2.05, 4.69) is 55.8 Å². The monoisotopic (exact) mass is 615 g/mol.